The Hall–Kier alpha value is -3.26. The van der Waals surface area contributed by atoms with Crippen molar-refractivity contribution in [1.29, 1.82) is 0 Å². The third-order valence-electron chi connectivity index (χ3n) is 4.24. The Labute approximate surface area is 179 Å². The number of carboxylic acid groups (broad SMARTS) is 1. The number of nitrogens with one attached hydrogen (secondary N) is 2. The molecule has 2 unspecified atom stereocenters. The molecule has 14 nitrogen and oxygen atoms in total. The van der Waals surface area contributed by atoms with Gasteiger partial charge < -0.3 is 42.9 Å². The lowest BCUT2D eigenvalue weighted by Gasteiger charge is -2.27. The maximum Gasteiger partial charge on any atom is 0.305 e. The smallest absolute Gasteiger partial charge is 0.305 e. The number of amides is 3. The monoisotopic (exact) mass is 445 g/mol. The zero-order valence-corrected chi connectivity index (χ0v) is 17.5. The van der Waals surface area contributed by atoms with Crippen molar-refractivity contribution in [1.82, 2.24) is 15.5 Å². The van der Waals surface area contributed by atoms with Crippen molar-refractivity contribution < 1.29 is 34.2 Å². The quantitative estimate of drug-likeness (QED) is 0.0772. The number of rotatable bonds is 14. The van der Waals surface area contributed by atoms with Gasteiger partial charge in [0.1, 0.15) is 12.1 Å². The van der Waals surface area contributed by atoms with Crippen molar-refractivity contribution in [3.05, 3.63) is 0 Å². The van der Waals surface area contributed by atoms with Gasteiger partial charge in [-0.05, 0) is 19.8 Å². The number of ketones is 1. The molecule has 0 fully saturated rings. The van der Waals surface area contributed by atoms with Crippen LogP contribution in [0.1, 0.15) is 26.2 Å². The molecule has 0 aliphatic rings. The van der Waals surface area contributed by atoms with Crippen LogP contribution < -0.4 is 27.8 Å². The third kappa shape index (κ3) is 10.9. The van der Waals surface area contributed by atoms with Gasteiger partial charge in [0.05, 0.1) is 25.6 Å². The first-order chi connectivity index (χ1) is 14.4. The second kappa shape index (κ2) is 13.9. The van der Waals surface area contributed by atoms with Gasteiger partial charge in [-0.25, -0.2) is 0 Å². The predicted molar refractivity (Wildman–Crippen MR) is 109 cm³/mol. The molecule has 0 radical (unpaired) electrons. The molecule has 14 heteroatoms. The van der Waals surface area contributed by atoms with Crippen molar-refractivity contribution >= 4 is 35.4 Å². The van der Waals surface area contributed by atoms with Gasteiger partial charge >= 0.3 is 5.97 Å². The molecule has 0 heterocycles. The number of aliphatic hydroxyl groups is 1. The zero-order chi connectivity index (χ0) is 24.1. The predicted octanol–water partition coefficient (Wildman–Crippen LogP) is -4.15. The second-order valence-corrected chi connectivity index (χ2v) is 6.75. The largest absolute Gasteiger partial charge is 0.481 e. The molecule has 0 spiro atoms. The molecular formula is C17H31N7O7. The van der Waals surface area contributed by atoms with E-state index >= 15 is 0 Å². The van der Waals surface area contributed by atoms with E-state index in [0.717, 1.165) is 11.8 Å². The van der Waals surface area contributed by atoms with Gasteiger partial charge in [-0.2, -0.15) is 0 Å². The molecule has 0 aromatic rings. The van der Waals surface area contributed by atoms with Crippen molar-refractivity contribution in [2.45, 2.75) is 44.3 Å². The van der Waals surface area contributed by atoms with Gasteiger partial charge in [-0.3, -0.25) is 29.0 Å². The number of hydrogen-bond acceptors (Lipinski definition) is 8. The number of aliphatic imine (C=N–C) groups is 1. The van der Waals surface area contributed by atoms with E-state index in [4.69, 9.17) is 27.4 Å². The molecule has 0 aliphatic heterocycles. The highest BCUT2D eigenvalue weighted by atomic mass is 16.4. The summed E-state index contributed by atoms with van der Waals surface area (Å²) in [6.07, 6.45) is -0.0595. The summed E-state index contributed by atoms with van der Waals surface area (Å²) >= 11 is 0. The van der Waals surface area contributed by atoms with Gasteiger partial charge in [0, 0.05) is 13.6 Å². The Kier molecular flexibility index (Phi) is 12.4. The number of hydrogen-bond donors (Lipinski definition) is 7. The number of carboxylic acids is 1. The average molecular weight is 445 g/mol. The van der Waals surface area contributed by atoms with Crippen LogP contribution in [0.15, 0.2) is 4.99 Å². The standard InChI is InChI=1S/C17H31N7O7/c1-9(26)11(8-25)23-16(31)12(6-14(28)29)24(2)13(27)7-22-15(30)10(18)4-3-5-21-17(19)20/h10-12,25H,3-8,18H2,1-2H3,(H,22,30)(H,23,31)(H,28,29)(H4,19,20,21)/t10?,11?,12-/m0/s1. The van der Waals surface area contributed by atoms with Crippen LogP contribution in [0.2, 0.25) is 0 Å². The maximum atomic E-state index is 12.4. The second-order valence-electron chi connectivity index (χ2n) is 6.75. The Bertz CT molecular complexity index is 694. The van der Waals surface area contributed by atoms with E-state index in [2.05, 4.69) is 15.6 Å². The maximum absolute atomic E-state index is 12.4. The van der Waals surface area contributed by atoms with Crippen LogP contribution in [0.5, 0.6) is 0 Å². The lowest BCUT2D eigenvalue weighted by Crippen LogP contribution is -2.55. The van der Waals surface area contributed by atoms with Gasteiger partial charge in [0.15, 0.2) is 11.7 Å². The fourth-order valence-electron chi connectivity index (χ4n) is 2.36. The van der Waals surface area contributed by atoms with Crippen molar-refractivity contribution in [2.75, 3.05) is 26.7 Å². The number of guanidine groups is 1. The highest BCUT2D eigenvalue weighted by molar-refractivity contribution is 5.95. The lowest BCUT2D eigenvalue weighted by atomic mass is 10.1. The van der Waals surface area contributed by atoms with E-state index in [-0.39, 0.29) is 18.9 Å². The minimum atomic E-state index is -1.47. The molecule has 176 valence electrons. The summed E-state index contributed by atoms with van der Waals surface area (Å²) < 4.78 is 0. The van der Waals surface area contributed by atoms with Crippen LogP contribution in [-0.2, 0) is 24.0 Å². The van der Waals surface area contributed by atoms with Crippen LogP contribution >= 0.6 is 0 Å². The molecule has 0 aliphatic carbocycles. The van der Waals surface area contributed by atoms with E-state index in [9.17, 15) is 24.0 Å². The van der Waals surface area contributed by atoms with Crippen LogP contribution in [0, 0.1) is 0 Å². The number of Topliss-reactive ketones (excluding diaryl/α,β-unsaturated/α-hetero) is 1. The lowest BCUT2D eigenvalue weighted by molar-refractivity contribution is -0.146. The summed E-state index contributed by atoms with van der Waals surface area (Å²) in [5, 5.41) is 22.7. The molecule has 3 amide bonds. The van der Waals surface area contributed by atoms with Crippen LogP contribution in [0.4, 0.5) is 0 Å². The Balaban J connectivity index is 4.89. The van der Waals surface area contributed by atoms with Gasteiger partial charge in [0.2, 0.25) is 17.7 Å². The van der Waals surface area contributed by atoms with Gasteiger partial charge in [-0.1, -0.05) is 0 Å². The van der Waals surface area contributed by atoms with E-state index in [1.807, 2.05) is 0 Å². The van der Waals surface area contributed by atoms with E-state index in [1.165, 1.54) is 7.05 Å². The minimum Gasteiger partial charge on any atom is -0.481 e. The number of aliphatic carboxylic acids is 1. The molecule has 0 rings (SSSR count). The van der Waals surface area contributed by atoms with Gasteiger partial charge in [0.25, 0.3) is 0 Å². The summed E-state index contributed by atoms with van der Waals surface area (Å²) in [5.41, 5.74) is 16.1. The molecule has 3 atom stereocenters. The molecule has 0 saturated heterocycles. The summed E-state index contributed by atoms with van der Waals surface area (Å²) in [7, 11) is 1.18. The van der Waals surface area contributed by atoms with E-state index < -0.39 is 67.2 Å². The molecular weight excluding hydrogens is 414 g/mol. The summed E-state index contributed by atoms with van der Waals surface area (Å²) in [6, 6.07) is -3.63. The summed E-state index contributed by atoms with van der Waals surface area (Å²) in [5.74, 6) is -4.31. The summed E-state index contributed by atoms with van der Waals surface area (Å²) in [4.78, 5) is 63.8. The first kappa shape index (κ1) is 27.7. The Morgan fingerprint density at radius 1 is 1.13 bits per heavy atom. The van der Waals surface area contributed by atoms with Crippen molar-refractivity contribution in [2.24, 2.45) is 22.2 Å². The van der Waals surface area contributed by atoms with Crippen LogP contribution in [0.25, 0.3) is 0 Å². The molecule has 10 N–H and O–H groups in total. The number of nitrogens with zero attached hydrogens (tertiary/aromatic N) is 2. The molecule has 31 heavy (non-hydrogen) atoms. The number of carbonyl (C=O) groups excluding carboxylic acids is 4. The number of carbonyl (C=O) groups is 5. The topological polar surface area (TPSA) is 244 Å². The number of likely N-dealkylation sites (N-methyl/N-ethyl adjacent to an activating group) is 1. The first-order valence-corrected chi connectivity index (χ1v) is 9.38. The van der Waals surface area contributed by atoms with Crippen molar-refractivity contribution in [3.8, 4) is 0 Å². The normalized spacial score (nSPS) is 13.3. The van der Waals surface area contributed by atoms with E-state index in [0.29, 0.717) is 6.42 Å². The van der Waals surface area contributed by atoms with E-state index in [1.54, 1.807) is 0 Å². The Morgan fingerprint density at radius 2 is 1.74 bits per heavy atom. The number of nitrogens with two attached hydrogens (primary N) is 3. The summed E-state index contributed by atoms with van der Waals surface area (Å²) in [6.45, 7) is 0.205. The first-order valence-electron chi connectivity index (χ1n) is 9.38. The van der Waals surface area contributed by atoms with Crippen molar-refractivity contribution in [3.63, 3.8) is 0 Å². The Morgan fingerprint density at radius 3 is 2.23 bits per heavy atom. The average Bonchev–Trinajstić information content (AvgIpc) is 2.69. The highest BCUT2D eigenvalue weighted by Crippen LogP contribution is 2.05. The molecule has 0 aromatic carbocycles. The number of aliphatic hydroxyl groups excluding tert-OH is 1. The fourth-order valence-corrected chi connectivity index (χ4v) is 2.36. The fraction of sp³-hybridized carbons (Fsp3) is 0.647. The SMILES string of the molecule is CC(=O)C(CO)NC(=O)[C@H](CC(=O)O)N(C)C(=O)CNC(=O)C(N)CCCN=C(N)N. The zero-order valence-electron chi connectivity index (χ0n) is 17.5. The third-order valence-corrected chi connectivity index (χ3v) is 4.24. The molecule has 0 saturated carbocycles. The minimum absolute atomic E-state index is 0.0831. The van der Waals surface area contributed by atoms with Crippen LogP contribution in [-0.4, -0.2) is 95.4 Å². The van der Waals surface area contributed by atoms with Gasteiger partial charge in [-0.15, -0.1) is 0 Å². The molecule has 0 aromatic heterocycles. The highest BCUT2D eigenvalue weighted by Gasteiger charge is 2.31. The molecule has 0 bridgehead atoms. The van der Waals surface area contributed by atoms with Crippen LogP contribution in [0.3, 0.4) is 0 Å².